The molecule has 0 saturated heterocycles. The van der Waals surface area contributed by atoms with Crippen molar-refractivity contribution in [1.82, 2.24) is 9.78 Å². The fraction of sp³-hybridized carbons (Fsp3) is 0.840. The van der Waals surface area contributed by atoms with Crippen LogP contribution in [0.2, 0.25) is 0 Å². The van der Waals surface area contributed by atoms with Crippen molar-refractivity contribution in [2.24, 2.45) is 40.9 Å². The van der Waals surface area contributed by atoms with E-state index in [9.17, 15) is 9.90 Å². The first-order valence-corrected chi connectivity index (χ1v) is 12.0. The molecule has 5 heteroatoms. The zero-order valence-electron chi connectivity index (χ0n) is 19.1. The number of aromatic nitrogens is 2. The van der Waals surface area contributed by atoms with Crippen LogP contribution in [0.15, 0.2) is 18.5 Å². The van der Waals surface area contributed by atoms with E-state index in [1.807, 2.05) is 19.2 Å². The molecule has 30 heavy (non-hydrogen) atoms. The molecule has 0 aromatic carbocycles. The van der Waals surface area contributed by atoms with Crippen molar-refractivity contribution >= 4 is 5.78 Å². The summed E-state index contributed by atoms with van der Waals surface area (Å²) in [5.41, 5.74) is -0.800. The summed E-state index contributed by atoms with van der Waals surface area (Å²) in [6.45, 7) is 8.79. The van der Waals surface area contributed by atoms with Crippen LogP contribution in [0.25, 0.3) is 0 Å². The van der Waals surface area contributed by atoms with E-state index in [1.165, 1.54) is 0 Å². The van der Waals surface area contributed by atoms with Gasteiger partial charge in [-0.15, -0.1) is 0 Å². The Morgan fingerprint density at radius 2 is 1.93 bits per heavy atom. The highest BCUT2D eigenvalue weighted by atomic mass is 19.1. The van der Waals surface area contributed by atoms with E-state index >= 15 is 4.39 Å². The molecule has 3 aliphatic carbocycles. The van der Waals surface area contributed by atoms with Crippen molar-refractivity contribution in [2.75, 3.05) is 0 Å². The van der Waals surface area contributed by atoms with Gasteiger partial charge in [-0.05, 0) is 86.5 Å². The third-order valence-corrected chi connectivity index (χ3v) is 9.47. The summed E-state index contributed by atoms with van der Waals surface area (Å²) >= 11 is 0. The average Bonchev–Trinajstić information content (AvgIpc) is 3.20. The monoisotopic (exact) mass is 418 g/mol. The summed E-state index contributed by atoms with van der Waals surface area (Å²) in [7, 11) is 0. The van der Waals surface area contributed by atoms with E-state index < -0.39 is 11.8 Å². The molecule has 0 spiro atoms. The largest absolute Gasteiger partial charge is 0.390 e. The number of hydrogen-bond acceptors (Lipinski definition) is 3. The van der Waals surface area contributed by atoms with Gasteiger partial charge >= 0.3 is 0 Å². The molecular weight excluding hydrogens is 379 g/mol. The molecule has 1 aromatic rings. The Labute approximate surface area is 180 Å². The van der Waals surface area contributed by atoms with Crippen molar-refractivity contribution in [3.63, 3.8) is 0 Å². The van der Waals surface area contributed by atoms with Crippen LogP contribution < -0.4 is 0 Å². The number of carbonyl (C=O) groups is 1. The van der Waals surface area contributed by atoms with Gasteiger partial charge in [0.1, 0.15) is 6.17 Å². The lowest BCUT2D eigenvalue weighted by molar-refractivity contribution is -0.148. The molecule has 4 nitrogen and oxygen atoms in total. The van der Waals surface area contributed by atoms with Crippen LogP contribution in [-0.4, -0.2) is 32.4 Å². The van der Waals surface area contributed by atoms with Crippen LogP contribution in [0.1, 0.15) is 72.6 Å². The van der Waals surface area contributed by atoms with Gasteiger partial charge in [-0.25, -0.2) is 4.39 Å². The lowest BCUT2D eigenvalue weighted by atomic mass is 9.46. The van der Waals surface area contributed by atoms with Crippen molar-refractivity contribution in [3.8, 4) is 0 Å². The molecule has 4 rings (SSSR count). The lowest BCUT2D eigenvalue weighted by Gasteiger charge is -2.59. The number of hydrogen-bond donors (Lipinski definition) is 1. The minimum Gasteiger partial charge on any atom is -0.390 e. The van der Waals surface area contributed by atoms with Crippen molar-refractivity contribution in [3.05, 3.63) is 18.5 Å². The molecule has 3 saturated carbocycles. The van der Waals surface area contributed by atoms with Gasteiger partial charge in [0.25, 0.3) is 0 Å². The first kappa shape index (κ1) is 22.0. The number of aliphatic hydroxyl groups is 1. The van der Waals surface area contributed by atoms with E-state index in [4.69, 9.17) is 0 Å². The SMILES string of the molecule is CC[C@H]1[C@@H]2C[C@@H](F)[C@H]3C[C@](C)(O)CC[C@@H]3[C@H]2CC[C@]1(C)[C@H](C)C(=O)Cn1cccn1. The Hall–Kier alpha value is -1.23. The van der Waals surface area contributed by atoms with E-state index in [0.29, 0.717) is 43.1 Å². The number of halogens is 1. The Morgan fingerprint density at radius 3 is 2.60 bits per heavy atom. The number of carbonyl (C=O) groups excluding carboxylic acids is 1. The minimum atomic E-state index is -0.825. The van der Waals surface area contributed by atoms with Gasteiger partial charge in [0.05, 0.1) is 12.1 Å². The Morgan fingerprint density at radius 1 is 1.23 bits per heavy atom. The topological polar surface area (TPSA) is 55.1 Å². The van der Waals surface area contributed by atoms with Gasteiger partial charge in [-0.3, -0.25) is 9.48 Å². The Kier molecular flexibility index (Phi) is 5.89. The third kappa shape index (κ3) is 3.76. The standard InChI is InChI=1S/C25H39FN2O2/c1-5-21-19-13-22(26)20-14-24(3,30)9-7-18(20)17(19)8-10-25(21,4)16(2)23(29)15-28-12-6-11-27-28/h6,11-12,16-22,30H,5,7-10,13-15H2,1-4H3/t16-,17-,18-,19-,20+,21+,22-,24-,25-/m1/s1. The zero-order chi connectivity index (χ0) is 21.7. The normalized spacial score (nSPS) is 44.7. The van der Waals surface area contributed by atoms with E-state index in [0.717, 1.165) is 32.1 Å². The van der Waals surface area contributed by atoms with E-state index in [2.05, 4.69) is 25.9 Å². The number of alkyl halides is 1. The Bertz CT molecular complexity index is 748. The molecule has 3 aliphatic rings. The van der Waals surface area contributed by atoms with Crippen LogP contribution in [0.3, 0.4) is 0 Å². The third-order valence-electron chi connectivity index (χ3n) is 9.47. The maximum absolute atomic E-state index is 15.4. The number of nitrogens with zero attached hydrogens (tertiary/aromatic N) is 2. The van der Waals surface area contributed by atoms with E-state index in [-0.39, 0.29) is 23.0 Å². The maximum Gasteiger partial charge on any atom is 0.157 e. The molecule has 168 valence electrons. The fourth-order valence-corrected chi connectivity index (χ4v) is 7.72. The summed E-state index contributed by atoms with van der Waals surface area (Å²) in [5, 5.41) is 14.7. The summed E-state index contributed by atoms with van der Waals surface area (Å²) in [5.74, 6) is 1.85. The van der Waals surface area contributed by atoms with Crippen LogP contribution in [-0.2, 0) is 11.3 Å². The first-order valence-electron chi connectivity index (χ1n) is 12.0. The summed E-state index contributed by atoms with van der Waals surface area (Å²) in [6.07, 6.45) is 8.80. The molecule has 0 aliphatic heterocycles. The second kappa shape index (κ2) is 8.03. The lowest BCUT2D eigenvalue weighted by Crippen LogP contribution is -2.55. The predicted octanol–water partition coefficient (Wildman–Crippen LogP) is 5.06. The second-order valence-electron chi connectivity index (χ2n) is 11.1. The molecule has 0 bridgehead atoms. The highest BCUT2D eigenvalue weighted by Gasteiger charge is 2.57. The van der Waals surface area contributed by atoms with E-state index in [1.54, 1.807) is 10.9 Å². The molecule has 0 amide bonds. The number of Topliss-reactive ketones (excluding diaryl/α,β-unsaturated/α-hetero) is 1. The molecule has 1 N–H and O–H groups in total. The fourth-order valence-electron chi connectivity index (χ4n) is 7.72. The van der Waals surface area contributed by atoms with Gasteiger partial charge in [-0.1, -0.05) is 27.2 Å². The number of ketones is 1. The molecule has 0 radical (unpaired) electrons. The van der Waals surface area contributed by atoms with Crippen molar-refractivity contribution < 1.29 is 14.3 Å². The van der Waals surface area contributed by atoms with Gasteiger partial charge in [0, 0.05) is 18.3 Å². The van der Waals surface area contributed by atoms with Crippen molar-refractivity contribution in [1.29, 1.82) is 0 Å². The van der Waals surface area contributed by atoms with Crippen molar-refractivity contribution in [2.45, 2.75) is 91.0 Å². The summed E-state index contributed by atoms with van der Waals surface area (Å²) in [4.78, 5) is 13.1. The first-order chi connectivity index (χ1) is 14.2. The summed E-state index contributed by atoms with van der Waals surface area (Å²) < 4.78 is 17.1. The van der Waals surface area contributed by atoms with Crippen LogP contribution in [0.5, 0.6) is 0 Å². The molecule has 9 atom stereocenters. The zero-order valence-corrected chi connectivity index (χ0v) is 19.1. The van der Waals surface area contributed by atoms with Crippen LogP contribution in [0.4, 0.5) is 4.39 Å². The maximum atomic E-state index is 15.4. The molecule has 0 unspecified atom stereocenters. The van der Waals surface area contributed by atoms with Crippen LogP contribution in [0, 0.1) is 40.9 Å². The van der Waals surface area contributed by atoms with Gasteiger partial charge in [-0.2, -0.15) is 5.10 Å². The van der Waals surface area contributed by atoms with Crippen LogP contribution >= 0.6 is 0 Å². The van der Waals surface area contributed by atoms with Gasteiger partial charge < -0.3 is 5.11 Å². The number of fused-ring (bicyclic) bond motifs is 3. The molecular formula is C25H39FN2O2. The minimum absolute atomic E-state index is 0.00994. The Balaban J connectivity index is 1.54. The molecule has 3 fully saturated rings. The summed E-state index contributed by atoms with van der Waals surface area (Å²) in [6, 6.07) is 1.85. The highest BCUT2D eigenvalue weighted by molar-refractivity contribution is 5.81. The van der Waals surface area contributed by atoms with Gasteiger partial charge in [0.15, 0.2) is 5.78 Å². The highest BCUT2D eigenvalue weighted by Crippen LogP contribution is 2.61. The average molecular weight is 419 g/mol. The van der Waals surface area contributed by atoms with Gasteiger partial charge in [0.2, 0.25) is 0 Å². The quantitative estimate of drug-likeness (QED) is 0.727. The number of rotatable bonds is 5. The molecule has 1 aromatic heterocycles. The predicted molar refractivity (Wildman–Crippen MR) is 115 cm³/mol. The smallest absolute Gasteiger partial charge is 0.157 e. The second-order valence-corrected chi connectivity index (χ2v) is 11.1. The molecule has 1 heterocycles.